The van der Waals surface area contributed by atoms with Crippen LogP contribution in [-0.2, 0) is 17.8 Å². The number of anilines is 1. The minimum atomic E-state index is -0.529. The molecule has 0 aliphatic carbocycles. The molecule has 0 radical (unpaired) electrons. The van der Waals surface area contributed by atoms with Gasteiger partial charge in [-0.2, -0.15) is 5.26 Å². The fourth-order valence-corrected chi connectivity index (χ4v) is 4.40. The van der Waals surface area contributed by atoms with E-state index < -0.39 is 5.91 Å². The average molecular weight is 520 g/mol. The van der Waals surface area contributed by atoms with Crippen LogP contribution in [0.2, 0.25) is 10.0 Å². The molecule has 0 spiro atoms. The molecule has 0 fully saturated rings. The lowest BCUT2D eigenvalue weighted by atomic mass is 10.1. The quantitative estimate of drug-likeness (QED) is 0.198. The molecule has 3 aromatic carbocycles. The van der Waals surface area contributed by atoms with Crippen molar-refractivity contribution in [2.45, 2.75) is 13.0 Å². The highest BCUT2D eigenvalue weighted by Gasteiger charge is 2.13. The number of halogens is 2. The zero-order valence-electron chi connectivity index (χ0n) is 18.4. The first-order chi connectivity index (χ1) is 17.0. The highest BCUT2D eigenvalue weighted by molar-refractivity contribution is 7.15. The minimum absolute atomic E-state index is 0.0300. The number of benzene rings is 3. The van der Waals surface area contributed by atoms with Gasteiger partial charge in [-0.05, 0) is 53.1 Å². The number of carbonyl (C=O) groups excluding carboxylic acids is 1. The number of hydrogen-bond donors (Lipinski definition) is 1. The van der Waals surface area contributed by atoms with Gasteiger partial charge in [0.1, 0.15) is 24.0 Å². The lowest BCUT2D eigenvalue weighted by Crippen LogP contribution is -2.13. The first kappa shape index (κ1) is 24.5. The molecule has 4 aromatic rings. The van der Waals surface area contributed by atoms with Gasteiger partial charge in [0.05, 0.1) is 0 Å². The number of nitrogens with one attached hydrogen (secondary N) is 1. The Hall–Kier alpha value is -3.63. The Bertz CT molecular complexity index is 1390. The number of ether oxygens (including phenoxy) is 1. The number of nitriles is 1. The van der Waals surface area contributed by atoms with E-state index in [1.54, 1.807) is 48.7 Å². The minimum Gasteiger partial charge on any atom is -0.489 e. The molecule has 174 valence electrons. The molecule has 0 aliphatic heterocycles. The van der Waals surface area contributed by atoms with Gasteiger partial charge in [0.15, 0.2) is 5.13 Å². The summed E-state index contributed by atoms with van der Waals surface area (Å²) in [5, 5.41) is 13.8. The third-order valence-corrected chi connectivity index (χ3v) is 6.47. The Morgan fingerprint density at radius 1 is 1.09 bits per heavy atom. The van der Waals surface area contributed by atoms with E-state index in [0.29, 0.717) is 39.5 Å². The summed E-state index contributed by atoms with van der Waals surface area (Å²) in [5.74, 6) is 0.169. The molecule has 0 saturated heterocycles. The maximum atomic E-state index is 12.6. The molecule has 35 heavy (non-hydrogen) atoms. The molecule has 4 rings (SSSR count). The largest absolute Gasteiger partial charge is 0.489 e. The average Bonchev–Trinajstić information content (AvgIpc) is 3.31. The second-order valence-electron chi connectivity index (χ2n) is 7.51. The highest BCUT2D eigenvalue weighted by atomic mass is 35.5. The molecule has 1 N–H and O–H groups in total. The van der Waals surface area contributed by atoms with E-state index >= 15 is 0 Å². The zero-order chi connectivity index (χ0) is 24.6. The van der Waals surface area contributed by atoms with Crippen molar-refractivity contribution in [2.75, 3.05) is 5.32 Å². The third kappa shape index (κ3) is 6.93. The summed E-state index contributed by atoms with van der Waals surface area (Å²) in [6.45, 7) is 0.460. The molecule has 0 saturated carbocycles. The standard InChI is InChI=1S/C27H19Cl2N3O2S/c28-22-8-11-25(29)20(13-22)14-24-16-31-27(35-24)32-26(33)21(15-30)12-18-6-9-23(10-7-18)34-17-19-4-2-1-3-5-19/h1-13,16H,14,17H2,(H,31,32,33). The van der Waals surface area contributed by atoms with E-state index in [4.69, 9.17) is 27.9 Å². The fourth-order valence-electron chi connectivity index (χ4n) is 3.19. The molecule has 1 amide bonds. The highest BCUT2D eigenvalue weighted by Crippen LogP contribution is 2.27. The van der Waals surface area contributed by atoms with E-state index in [-0.39, 0.29) is 5.57 Å². The summed E-state index contributed by atoms with van der Waals surface area (Å²) in [7, 11) is 0. The van der Waals surface area contributed by atoms with Crippen molar-refractivity contribution in [1.82, 2.24) is 4.98 Å². The van der Waals surface area contributed by atoms with Crippen LogP contribution in [0.4, 0.5) is 5.13 Å². The first-order valence-electron chi connectivity index (χ1n) is 10.6. The summed E-state index contributed by atoms with van der Waals surface area (Å²) >= 11 is 13.6. The molecule has 0 unspecified atom stereocenters. The van der Waals surface area contributed by atoms with Gasteiger partial charge < -0.3 is 4.74 Å². The second kappa shape index (κ2) is 11.7. The van der Waals surface area contributed by atoms with Crippen LogP contribution in [0.5, 0.6) is 5.75 Å². The van der Waals surface area contributed by atoms with Gasteiger partial charge in [-0.1, -0.05) is 65.7 Å². The van der Waals surface area contributed by atoms with E-state index in [1.807, 2.05) is 36.4 Å². The molecule has 8 heteroatoms. The van der Waals surface area contributed by atoms with Crippen LogP contribution in [0.15, 0.2) is 84.6 Å². The molecular weight excluding hydrogens is 501 g/mol. The van der Waals surface area contributed by atoms with Crippen molar-refractivity contribution in [2.24, 2.45) is 0 Å². The molecule has 1 aromatic heterocycles. The van der Waals surface area contributed by atoms with Crippen molar-refractivity contribution < 1.29 is 9.53 Å². The topological polar surface area (TPSA) is 75.0 Å². The van der Waals surface area contributed by atoms with Gasteiger partial charge in [0.25, 0.3) is 5.91 Å². The van der Waals surface area contributed by atoms with Gasteiger partial charge >= 0.3 is 0 Å². The van der Waals surface area contributed by atoms with Gasteiger partial charge in [0, 0.05) is 27.5 Å². The van der Waals surface area contributed by atoms with Crippen molar-refractivity contribution in [1.29, 1.82) is 5.26 Å². The second-order valence-corrected chi connectivity index (χ2v) is 9.47. The third-order valence-electron chi connectivity index (χ3n) is 4.95. The van der Waals surface area contributed by atoms with E-state index in [9.17, 15) is 10.1 Å². The fraction of sp³-hybridized carbons (Fsp3) is 0.0741. The van der Waals surface area contributed by atoms with Crippen LogP contribution in [-0.4, -0.2) is 10.9 Å². The first-order valence-corrected chi connectivity index (χ1v) is 12.2. The van der Waals surface area contributed by atoms with E-state index in [1.165, 1.54) is 17.4 Å². The van der Waals surface area contributed by atoms with Crippen LogP contribution in [0.3, 0.4) is 0 Å². The van der Waals surface area contributed by atoms with Gasteiger partial charge in [-0.25, -0.2) is 4.98 Å². The number of amides is 1. The van der Waals surface area contributed by atoms with Crippen LogP contribution in [0.25, 0.3) is 6.08 Å². The number of thiazole rings is 1. The summed E-state index contributed by atoms with van der Waals surface area (Å²) in [6.07, 6.45) is 3.73. The molecule has 0 atom stereocenters. The molecular formula is C27H19Cl2N3O2S. The van der Waals surface area contributed by atoms with E-state index in [0.717, 1.165) is 16.0 Å². The van der Waals surface area contributed by atoms with Gasteiger partial charge in [-0.15, -0.1) is 11.3 Å². The monoisotopic (exact) mass is 519 g/mol. The summed E-state index contributed by atoms with van der Waals surface area (Å²) in [5.41, 5.74) is 2.62. The maximum absolute atomic E-state index is 12.6. The summed E-state index contributed by atoms with van der Waals surface area (Å²) in [6, 6.07) is 24.3. The summed E-state index contributed by atoms with van der Waals surface area (Å²) < 4.78 is 5.78. The number of aromatic nitrogens is 1. The molecule has 5 nitrogen and oxygen atoms in total. The van der Waals surface area contributed by atoms with Crippen molar-refractivity contribution in [3.05, 3.63) is 116 Å². The Labute approximate surface area is 217 Å². The Morgan fingerprint density at radius 3 is 2.60 bits per heavy atom. The summed E-state index contributed by atoms with van der Waals surface area (Å²) in [4.78, 5) is 17.8. The van der Waals surface area contributed by atoms with Crippen LogP contribution >= 0.6 is 34.5 Å². The van der Waals surface area contributed by atoms with Crippen molar-refractivity contribution in [3.8, 4) is 11.8 Å². The number of hydrogen-bond acceptors (Lipinski definition) is 5. The Morgan fingerprint density at radius 2 is 1.86 bits per heavy atom. The Balaban J connectivity index is 1.37. The van der Waals surface area contributed by atoms with Crippen molar-refractivity contribution in [3.63, 3.8) is 0 Å². The number of carbonyl (C=O) groups is 1. The van der Waals surface area contributed by atoms with E-state index in [2.05, 4.69) is 10.3 Å². The number of nitrogens with zero attached hydrogens (tertiary/aromatic N) is 2. The van der Waals surface area contributed by atoms with Crippen molar-refractivity contribution >= 4 is 51.7 Å². The Kier molecular flexibility index (Phi) is 8.17. The lowest BCUT2D eigenvalue weighted by Gasteiger charge is -2.06. The predicted octanol–water partition coefficient (Wildman–Crippen LogP) is 7.17. The maximum Gasteiger partial charge on any atom is 0.268 e. The normalized spacial score (nSPS) is 11.1. The number of rotatable bonds is 8. The van der Waals surface area contributed by atoms with Gasteiger partial charge in [-0.3, -0.25) is 10.1 Å². The molecule has 0 aliphatic rings. The van der Waals surface area contributed by atoms with Crippen LogP contribution < -0.4 is 10.1 Å². The SMILES string of the molecule is N#CC(=Cc1ccc(OCc2ccccc2)cc1)C(=O)Nc1ncc(Cc2cc(Cl)ccc2Cl)s1. The molecule has 0 bridgehead atoms. The van der Waals surface area contributed by atoms with Crippen LogP contribution in [0.1, 0.15) is 21.6 Å². The zero-order valence-corrected chi connectivity index (χ0v) is 20.7. The molecule has 1 heterocycles. The van der Waals surface area contributed by atoms with Gasteiger partial charge in [0.2, 0.25) is 0 Å². The lowest BCUT2D eigenvalue weighted by molar-refractivity contribution is -0.112. The van der Waals surface area contributed by atoms with Crippen LogP contribution in [0, 0.1) is 11.3 Å². The smallest absolute Gasteiger partial charge is 0.268 e. The predicted molar refractivity (Wildman–Crippen MR) is 141 cm³/mol.